The lowest BCUT2D eigenvalue weighted by Gasteiger charge is -2.29. The second kappa shape index (κ2) is 11.1. The molecule has 4 rings (SSSR count). The van der Waals surface area contributed by atoms with Gasteiger partial charge in [0.05, 0.1) is 18.8 Å². The van der Waals surface area contributed by atoms with Gasteiger partial charge in [0.1, 0.15) is 11.6 Å². The molecule has 0 radical (unpaired) electrons. The quantitative estimate of drug-likeness (QED) is 0.378. The molecule has 0 heterocycles. The van der Waals surface area contributed by atoms with Crippen molar-refractivity contribution in [3.63, 3.8) is 0 Å². The first-order chi connectivity index (χ1) is 15.6. The van der Waals surface area contributed by atoms with E-state index in [-0.39, 0.29) is 18.0 Å². The molecule has 0 spiro atoms. The molecule has 0 unspecified atom stereocenters. The summed E-state index contributed by atoms with van der Waals surface area (Å²) in [6.07, 6.45) is 5.09. The monoisotopic (exact) mass is 497 g/mol. The van der Waals surface area contributed by atoms with Crippen LogP contribution in [0.2, 0.25) is 0 Å². The molecule has 0 aliphatic heterocycles. The third-order valence-corrected chi connectivity index (χ3v) is 6.48. The van der Waals surface area contributed by atoms with E-state index in [0.717, 1.165) is 59.0 Å². The maximum Gasteiger partial charge on any atom is 0.123 e. The fourth-order valence-electron chi connectivity index (χ4n) is 4.23. The number of nitrogens with two attached hydrogens (primary N) is 1. The molecule has 3 aromatic rings. The van der Waals surface area contributed by atoms with Gasteiger partial charge in [-0.1, -0.05) is 46.3 Å². The summed E-state index contributed by atoms with van der Waals surface area (Å²) < 4.78 is 27.3. The molecule has 0 amide bonds. The largest absolute Gasteiger partial charge is 0.490 e. The SMILES string of the molecule is NCCc1ccc(OC2CCC(OCc3ccc(Br)cc3)CC2)cc1-c1cccc(F)c1. The Morgan fingerprint density at radius 2 is 1.66 bits per heavy atom. The van der Waals surface area contributed by atoms with Crippen LogP contribution in [0.5, 0.6) is 5.75 Å². The summed E-state index contributed by atoms with van der Waals surface area (Å²) in [7, 11) is 0. The number of halogens is 2. The van der Waals surface area contributed by atoms with Crippen LogP contribution in [-0.2, 0) is 17.8 Å². The highest BCUT2D eigenvalue weighted by atomic mass is 79.9. The van der Waals surface area contributed by atoms with Crippen LogP contribution >= 0.6 is 15.9 Å². The summed E-state index contributed by atoms with van der Waals surface area (Å²) >= 11 is 3.46. The van der Waals surface area contributed by atoms with Gasteiger partial charge in [-0.3, -0.25) is 0 Å². The van der Waals surface area contributed by atoms with Crippen molar-refractivity contribution in [2.75, 3.05) is 6.54 Å². The van der Waals surface area contributed by atoms with Crippen LogP contribution in [0.25, 0.3) is 11.1 Å². The van der Waals surface area contributed by atoms with Gasteiger partial charge in [-0.05, 0) is 97.3 Å². The Morgan fingerprint density at radius 1 is 0.906 bits per heavy atom. The maximum absolute atomic E-state index is 13.8. The Labute approximate surface area is 197 Å². The minimum Gasteiger partial charge on any atom is -0.490 e. The summed E-state index contributed by atoms with van der Waals surface area (Å²) in [5.74, 6) is 0.582. The molecule has 2 N–H and O–H groups in total. The van der Waals surface area contributed by atoms with E-state index in [1.54, 1.807) is 12.1 Å². The Bertz CT molecular complexity index is 1020. The number of rotatable bonds is 8. The van der Waals surface area contributed by atoms with E-state index in [4.69, 9.17) is 15.2 Å². The van der Waals surface area contributed by atoms with Crippen molar-refractivity contribution in [3.05, 3.63) is 88.1 Å². The number of benzene rings is 3. The van der Waals surface area contributed by atoms with E-state index in [1.807, 2.05) is 30.3 Å². The summed E-state index contributed by atoms with van der Waals surface area (Å²) in [5.41, 5.74) is 9.92. The Morgan fingerprint density at radius 3 is 2.38 bits per heavy atom. The summed E-state index contributed by atoms with van der Waals surface area (Å²) in [6, 6.07) is 21.0. The minimum absolute atomic E-state index is 0.170. The van der Waals surface area contributed by atoms with Gasteiger partial charge in [0.25, 0.3) is 0 Å². The van der Waals surface area contributed by atoms with Gasteiger partial charge < -0.3 is 15.2 Å². The van der Waals surface area contributed by atoms with E-state index >= 15 is 0 Å². The summed E-state index contributed by atoms with van der Waals surface area (Å²) in [4.78, 5) is 0. The van der Waals surface area contributed by atoms with Crippen LogP contribution in [-0.4, -0.2) is 18.8 Å². The molecule has 0 aromatic heterocycles. The average Bonchev–Trinajstić information content (AvgIpc) is 2.81. The second-order valence-corrected chi connectivity index (χ2v) is 9.24. The fraction of sp³-hybridized carbons (Fsp3) is 0.333. The van der Waals surface area contributed by atoms with Gasteiger partial charge in [-0.15, -0.1) is 0 Å². The summed E-state index contributed by atoms with van der Waals surface area (Å²) in [5, 5.41) is 0. The molecule has 1 fully saturated rings. The predicted octanol–water partition coefficient (Wildman–Crippen LogP) is 6.66. The molecule has 3 aromatic carbocycles. The third-order valence-electron chi connectivity index (χ3n) is 5.95. The standard InChI is InChI=1S/C27H29BrFNO2/c28-22-7-4-19(5-8-22)18-31-24-10-12-25(13-11-24)32-26-9-6-20(14-15-30)27(17-26)21-2-1-3-23(29)16-21/h1-9,16-17,24-25H,10-15,18,30H2. The van der Waals surface area contributed by atoms with E-state index in [1.165, 1.54) is 11.6 Å². The van der Waals surface area contributed by atoms with Crippen LogP contribution < -0.4 is 10.5 Å². The third kappa shape index (κ3) is 6.18. The zero-order chi connectivity index (χ0) is 22.3. The Kier molecular flexibility index (Phi) is 7.95. The second-order valence-electron chi connectivity index (χ2n) is 8.32. The lowest BCUT2D eigenvalue weighted by atomic mass is 9.94. The molecule has 5 heteroatoms. The lowest BCUT2D eigenvalue weighted by molar-refractivity contribution is -0.00661. The first kappa shape index (κ1) is 23.0. The number of hydrogen-bond donors (Lipinski definition) is 1. The van der Waals surface area contributed by atoms with Crippen LogP contribution in [0.4, 0.5) is 4.39 Å². The smallest absolute Gasteiger partial charge is 0.123 e. The molecule has 32 heavy (non-hydrogen) atoms. The highest BCUT2D eigenvalue weighted by Crippen LogP contribution is 2.32. The molecule has 0 saturated heterocycles. The highest BCUT2D eigenvalue weighted by molar-refractivity contribution is 9.10. The van der Waals surface area contributed by atoms with E-state index in [2.05, 4.69) is 34.1 Å². The van der Waals surface area contributed by atoms with Crippen molar-refractivity contribution < 1.29 is 13.9 Å². The van der Waals surface area contributed by atoms with Crippen molar-refractivity contribution >= 4 is 15.9 Å². The first-order valence-corrected chi connectivity index (χ1v) is 12.0. The zero-order valence-corrected chi connectivity index (χ0v) is 19.7. The molecule has 1 aliphatic rings. The van der Waals surface area contributed by atoms with E-state index in [0.29, 0.717) is 13.2 Å². The molecular formula is C27H29BrFNO2. The summed E-state index contributed by atoms with van der Waals surface area (Å²) in [6.45, 7) is 1.19. The Balaban J connectivity index is 1.35. The van der Waals surface area contributed by atoms with Gasteiger partial charge in [-0.2, -0.15) is 0 Å². The molecule has 3 nitrogen and oxygen atoms in total. The molecule has 0 bridgehead atoms. The van der Waals surface area contributed by atoms with Crippen molar-refractivity contribution in [2.24, 2.45) is 5.73 Å². The van der Waals surface area contributed by atoms with Crippen LogP contribution in [0.15, 0.2) is 71.2 Å². The van der Waals surface area contributed by atoms with Crippen LogP contribution in [0.1, 0.15) is 36.8 Å². The van der Waals surface area contributed by atoms with Crippen LogP contribution in [0, 0.1) is 5.82 Å². The van der Waals surface area contributed by atoms with Gasteiger partial charge in [0.15, 0.2) is 0 Å². The van der Waals surface area contributed by atoms with Crippen LogP contribution in [0.3, 0.4) is 0 Å². The van der Waals surface area contributed by atoms with Gasteiger partial charge in [0, 0.05) is 4.47 Å². The van der Waals surface area contributed by atoms with E-state index < -0.39 is 0 Å². The van der Waals surface area contributed by atoms with Gasteiger partial charge in [-0.25, -0.2) is 4.39 Å². The molecule has 168 valence electrons. The zero-order valence-electron chi connectivity index (χ0n) is 18.1. The lowest BCUT2D eigenvalue weighted by Crippen LogP contribution is -2.28. The number of hydrogen-bond acceptors (Lipinski definition) is 3. The fourth-order valence-corrected chi connectivity index (χ4v) is 4.50. The molecular weight excluding hydrogens is 469 g/mol. The van der Waals surface area contributed by atoms with Gasteiger partial charge >= 0.3 is 0 Å². The Hall–Kier alpha value is -2.21. The minimum atomic E-state index is -0.242. The van der Waals surface area contributed by atoms with Crippen molar-refractivity contribution in [2.45, 2.75) is 50.9 Å². The predicted molar refractivity (Wildman–Crippen MR) is 130 cm³/mol. The van der Waals surface area contributed by atoms with Crippen molar-refractivity contribution in [1.29, 1.82) is 0 Å². The molecule has 1 saturated carbocycles. The number of ether oxygens (including phenoxy) is 2. The molecule has 0 atom stereocenters. The maximum atomic E-state index is 13.8. The first-order valence-electron chi connectivity index (χ1n) is 11.2. The van der Waals surface area contributed by atoms with Crippen molar-refractivity contribution in [1.82, 2.24) is 0 Å². The van der Waals surface area contributed by atoms with Crippen molar-refractivity contribution in [3.8, 4) is 16.9 Å². The van der Waals surface area contributed by atoms with E-state index in [9.17, 15) is 4.39 Å². The topological polar surface area (TPSA) is 44.5 Å². The van der Waals surface area contributed by atoms with Gasteiger partial charge in [0.2, 0.25) is 0 Å². The molecule has 1 aliphatic carbocycles. The highest BCUT2D eigenvalue weighted by Gasteiger charge is 2.23. The average molecular weight is 498 g/mol. The normalized spacial score (nSPS) is 18.5.